The summed E-state index contributed by atoms with van der Waals surface area (Å²) in [5.41, 5.74) is 4.75. The maximum atomic E-state index is 5.20. The Labute approximate surface area is 67.4 Å². The summed E-state index contributed by atoms with van der Waals surface area (Å²) >= 11 is 0. The minimum Gasteiger partial charge on any atom is -0.324 e. The molecule has 0 radical (unpaired) electrons. The third kappa shape index (κ3) is 2.74. The quantitative estimate of drug-likeness (QED) is 0.360. The lowest BCUT2D eigenvalue weighted by molar-refractivity contribution is 1.31. The average Bonchev–Trinajstić information content (AvgIpc) is 2.09. The van der Waals surface area contributed by atoms with Crippen LogP contribution in [0.1, 0.15) is 5.56 Å². The van der Waals surface area contributed by atoms with Crippen molar-refractivity contribution in [3.05, 3.63) is 29.8 Å². The second-order valence-corrected chi connectivity index (χ2v) is 1.96. The van der Waals surface area contributed by atoms with E-state index in [1.54, 1.807) is 0 Å². The van der Waals surface area contributed by atoms with E-state index in [1.165, 1.54) is 5.56 Å². The van der Waals surface area contributed by atoms with Crippen LogP contribution in [-0.4, -0.2) is 0 Å². The van der Waals surface area contributed by atoms with Gasteiger partial charge in [-0.1, -0.05) is 18.2 Å². The van der Waals surface area contributed by atoms with Gasteiger partial charge in [-0.2, -0.15) is 0 Å². The maximum Gasteiger partial charge on any atom is 0.0514 e. The Kier molecular flexibility index (Phi) is 4.63. The van der Waals surface area contributed by atoms with Gasteiger partial charge in [-0.3, -0.25) is 5.84 Å². The van der Waals surface area contributed by atoms with Crippen LogP contribution in [0.25, 0.3) is 0 Å². The highest BCUT2D eigenvalue weighted by atomic mass is 15.2. The number of hydrogen-bond donors (Lipinski definition) is 2. The highest BCUT2D eigenvalue weighted by Gasteiger charge is 1.88. The number of benzene rings is 1. The smallest absolute Gasteiger partial charge is 0.0514 e. The standard InChI is InChI=1S/C7H10N2.C2H2/c1-6-4-2-3-5-7(6)9-8;1-2/h2-5,9H,8H2,1H3;1-2H. The minimum absolute atomic E-state index is 0.984. The summed E-state index contributed by atoms with van der Waals surface area (Å²) in [5, 5.41) is 0. The summed E-state index contributed by atoms with van der Waals surface area (Å²) in [5.74, 6) is 5.20. The van der Waals surface area contributed by atoms with E-state index in [1.807, 2.05) is 31.2 Å². The molecule has 2 nitrogen and oxygen atoms in total. The molecule has 3 N–H and O–H groups in total. The first-order valence-electron chi connectivity index (χ1n) is 3.20. The Morgan fingerprint density at radius 3 is 2.18 bits per heavy atom. The lowest BCUT2D eigenvalue weighted by atomic mass is 10.2. The fourth-order valence-corrected chi connectivity index (χ4v) is 0.735. The van der Waals surface area contributed by atoms with Gasteiger partial charge in [0.2, 0.25) is 0 Å². The molecule has 1 aromatic carbocycles. The van der Waals surface area contributed by atoms with E-state index >= 15 is 0 Å². The van der Waals surface area contributed by atoms with Gasteiger partial charge in [0.15, 0.2) is 0 Å². The third-order valence-electron chi connectivity index (χ3n) is 1.30. The minimum atomic E-state index is 0.984. The summed E-state index contributed by atoms with van der Waals surface area (Å²) in [4.78, 5) is 0. The van der Waals surface area contributed by atoms with Gasteiger partial charge in [-0.15, -0.1) is 12.8 Å². The number of aryl methyl sites for hydroxylation is 1. The Morgan fingerprint density at radius 2 is 1.82 bits per heavy atom. The number of para-hydroxylation sites is 1. The number of nitrogens with two attached hydrogens (primary N) is 1. The van der Waals surface area contributed by atoms with E-state index in [0.717, 1.165) is 5.69 Å². The number of rotatable bonds is 1. The summed E-state index contributed by atoms with van der Waals surface area (Å²) in [6.07, 6.45) is 8.00. The van der Waals surface area contributed by atoms with Crippen LogP contribution >= 0.6 is 0 Å². The molecule has 1 aromatic rings. The van der Waals surface area contributed by atoms with Gasteiger partial charge in [-0.05, 0) is 18.6 Å². The summed E-state index contributed by atoms with van der Waals surface area (Å²) in [7, 11) is 0. The van der Waals surface area contributed by atoms with Crippen molar-refractivity contribution >= 4 is 5.69 Å². The number of anilines is 1. The van der Waals surface area contributed by atoms with Crippen LogP contribution in [0.15, 0.2) is 24.3 Å². The SMILES string of the molecule is C#C.Cc1ccccc1NN. The molecule has 0 spiro atoms. The highest BCUT2D eigenvalue weighted by molar-refractivity contribution is 5.48. The van der Waals surface area contributed by atoms with Crippen LogP contribution in [0, 0.1) is 19.8 Å². The van der Waals surface area contributed by atoms with Gasteiger partial charge >= 0.3 is 0 Å². The molecule has 58 valence electrons. The molecule has 0 aliphatic heterocycles. The average molecular weight is 148 g/mol. The van der Waals surface area contributed by atoms with Crippen LogP contribution < -0.4 is 11.3 Å². The van der Waals surface area contributed by atoms with Gasteiger partial charge in [-0.25, -0.2) is 0 Å². The van der Waals surface area contributed by atoms with Gasteiger partial charge in [0.1, 0.15) is 0 Å². The van der Waals surface area contributed by atoms with Crippen molar-refractivity contribution in [1.29, 1.82) is 0 Å². The second kappa shape index (κ2) is 5.33. The normalized spacial score (nSPS) is 7.64. The van der Waals surface area contributed by atoms with E-state index in [2.05, 4.69) is 18.3 Å². The first kappa shape index (κ1) is 9.54. The Bertz CT molecular complexity index is 228. The molecule has 0 heterocycles. The Balaban J connectivity index is 0.000000461. The zero-order valence-corrected chi connectivity index (χ0v) is 6.54. The van der Waals surface area contributed by atoms with Crippen molar-refractivity contribution in [2.45, 2.75) is 6.92 Å². The van der Waals surface area contributed by atoms with Crippen molar-refractivity contribution in [3.8, 4) is 12.8 Å². The van der Waals surface area contributed by atoms with Gasteiger partial charge in [0.05, 0.1) is 5.69 Å². The first-order valence-corrected chi connectivity index (χ1v) is 3.20. The molecule has 0 saturated carbocycles. The molecular formula is C9H12N2. The lowest BCUT2D eigenvalue weighted by Crippen LogP contribution is -2.07. The van der Waals surface area contributed by atoms with Crippen molar-refractivity contribution < 1.29 is 0 Å². The van der Waals surface area contributed by atoms with Crippen molar-refractivity contribution in [2.24, 2.45) is 5.84 Å². The monoisotopic (exact) mass is 148 g/mol. The van der Waals surface area contributed by atoms with Crippen molar-refractivity contribution in [2.75, 3.05) is 5.43 Å². The van der Waals surface area contributed by atoms with Gasteiger partial charge in [0, 0.05) is 0 Å². The Hall–Kier alpha value is -1.46. The molecule has 0 unspecified atom stereocenters. The number of nitrogens with one attached hydrogen (secondary N) is 1. The van der Waals surface area contributed by atoms with E-state index < -0.39 is 0 Å². The fourth-order valence-electron chi connectivity index (χ4n) is 0.735. The van der Waals surface area contributed by atoms with E-state index in [-0.39, 0.29) is 0 Å². The van der Waals surface area contributed by atoms with E-state index in [4.69, 9.17) is 5.84 Å². The van der Waals surface area contributed by atoms with E-state index in [0.29, 0.717) is 0 Å². The Morgan fingerprint density at radius 1 is 1.27 bits per heavy atom. The number of hydrogen-bond acceptors (Lipinski definition) is 2. The molecule has 1 rings (SSSR count). The van der Waals surface area contributed by atoms with Crippen molar-refractivity contribution in [3.63, 3.8) is 0 Å². The molecule has 0 saturated heterocycles. The molecule has 0 fully saturated rings. The van der Waals surface area contributed by atoms with Crippen LogP contribution in [0.3, 0.4) is 0 Å². The van der Waals surface area contributed by atoms with Gasteiger partial charge in [0.25, 0.3) is 0 Å². The predicted molar refractivity (Wildman–Crippen MR) is 48.9 cm³/mol. The molecule has 11 heavy (non-hydrogen) atoms. The van der Waals surface area contributed by atoms with Crippen LogP contribution in [0.2, 0.25) is 0 Å². The van der Waals surface area contributed by atoms with Crippen LogP contribution in [-0.2, 0) is 0 Å². The fraction of sp³-hybridized carbons (Fsp3) is 0.111. The molecule has 2 heteroatoms. The number of nitrogen functional groups attached to an aromatic ring is 1. The lowest BCUT2D eigenvalue weighted by Gasteiger charge is -2.01. The molecule has 0 aliphatic rings. The second-order valence-electron chi connectivity index (χ2n) is 1.96. The zero-order valence-electron chi connectivity index (χ0n) is 6.54. The van der Waals surface area contributed by atoms with Crippen LogP contribution in [0.4, 0.5) is 5.69 Å². The van der Waals surface area contributed by atoms with E-state index in [9.17, 15) is 0 Å². The topological polar surface area (TPSA) is 38.0 Å². The predicted octanol–water partition coefficient (Wildman–Crippen LogP) is 1.53. The molecule has 0 aromatic heterocycles. The number of terminal acetylenes is 1. The number of hydrazine groups is 1. The third-order valence-corrected chi connectivity index (χ3v) is 1.30. The summed E-state index contributed by atoms with van der Waals surface area (Å²) in [6.45, 7) is 2.01. The largest absolute Gasteiger partial charge is 0.324 e. The van der Waals surface area contributed by atoms with Crippen molar-refractivity contribution in [1.82, 2.24) is 0 Å². The maximum absolute atomic E-state index is 5.20. The summed E-state index contributed by atoms with van der Waals surface area (Å²) in [6, 6.07) is 7.88. The zero-order chi connectivity index (χ0) is 8.69. The molecule has 0 amide bonds. The summed E-state index contributed by atoms with van der Waals surface area (Å²) < 4.78 is 0. The molecule has 0 aliphatic carbocycles. The highest BCUT2D eigenvalue weighted by Crippen LogP contribution is 2.10. The molecule has 0 bridgehead atoms. The first-order chi connectivity index (χ1) is 5.34. The molecule has 0 atom stereocenters. The van der Waals surface area contributed by atoms with Gasteiger partial charge < -0.3 is 5.43 Å². The molecular weight excluding hydrogens is 136 g/mol. The van der Waals surface area contributed by atoms with Crippen LogP contribution in [0.5, 0.6) is 0 Å².